The van der Waals surface area contributed by atoms with E-state index in [0.29, 0.717) is 12.6 Å². The van der Waals surface area contributed by atoms with Gasteiger partial charge in [0, 0.05) is 36.3 Å². The number of likely N-dealkylation sites (N-methyl/N-ethyl adjacent to an activating group) is 1. The average molecular weight is 356 g/mol. The summed E-state index contributed by atoms with van der Waals surface area (Å²) in [7, 11) is 1.95. The van der Waals surface area contributed by atoms with Crippen molar-refractivity contribution in [1.82, 2.24) is 10.6 Å². The highest BCUT2D eigenvalue weighted by molar-refractivity contribution is 9.10. The minimum Gasteiger partial charge on any atom is -0.365 e. The summed E-state index contributed by atoms with van der Waals surface area (Å²) in [6, 6.07) is 6.62. The van der Waals surface area contributed by atoms with Gasteiger partial charge in [0.2, 0.25) is 5.91 Å². The van der Waals surface area contributed by atoms with Crippen LogP contribution in [0.5, 0.6) is 0 Å². The van der Waals surface area contributed by atoms with Crippen molar-refractivity contribution in [3.05, 3.63) is 28.2 Å². The summed E-state index contributed by atoms with van der Waals surface area (Å²) in [6.07, 6.45) is 0.954. The molecule has 0 aliphatic heterocycles. The van der Waals surface area contributed by atoms with Crippen molar-refractivity contribution in [3.63, 3.8) is 0 Å². The highest BCUT2D eigenvalue weighted by Gasteiger charge is 2.12. The Morgan fingerprint density at radius 1 is 1.38 bits per heavy atom. The lowest BCUT2D eigenvalue weighted by Gasteiger charge is -2.23. The van der Waals surface area contributed by atoms with Gasteiger partial charge in [-0.1, -0.05) is 42.8 Å². The van der Waals surface area contributed by atoms with E-state index < -0.39 is 0 Å². The molecule has 5 heteroatoms. The summed E-state index contributed by atoms with van der Waals surface area (Å²) in [4.78, 5) is 13.9. The number of carbonyl (C=O) groups is 1. The van der Waals surface area contributed by atoms with Gasteiger partial charge < -0.3 is 15.5 Å². The second-order valence-corrected chi connectivity index (χ2v) is 6.43. The van der Waals surface area contributed by atoms with Crippen LogP contribution in [0.2, 0.25) is 0 Å². The number of anilines is 1. The molecule has 0 aliphatic rings. The number of nitrogens with zero attached hydrogens (tertiary/aromatic N) is 1. The van der Waals surface area contributed by atoms with Crippen LogP contribution < -0.4 is 15.5 Å². The Morgan fingerprint density at radius 3 is 2.71 bits per heavy atom. The Hall–Kier alpha value is -1.07. The van der Waals surface area contributed by atoms with Gasteiger partial charge in [0.25, 0.3) is 0 Å². The molecule has 0 spiro atoms. The summed E-state index contributed by atoms with van der Waals surface area (Å²) in [5, 5.41) is 6.33. The second kappa shape index (κ2) is 9.05. The number of carbonyl (C=O) groups excluding carboxylic acids is 1. The van der Waals surface area contributed by atoms with Gasteiger partial charge in [-0.15, -0.1) is 0 Å². The molecule has 2 N–H and O–H groups in total. The monoisotopic (exact) mass is 355 g/mol. The van der Waals surface area contributed by atoms with E-state index in [-0.39, 0.29) is 5.91 Å². The first kappa shape index (κ1) is 18.0. The van der Waals surface area contributed by atoms with Gasteiger partial charge in [-0.05, 0) is 24.1 Å². The number of nitrogens with one attached hydrogen (secondary N) is 2. The molecule has 0 saturated heterocycles. The van der Waals surface area contributed by atoms with Gasteiger partial charge in [-0.25, -0.2) is 0 Å². The number of halogens is 1. The van der Waals surface area contributed by atoms with Crippen molar-refractivity contribution in [2.75, 3.05) is 25.0 Å². The number of rotatable bonds is 8. The number of amides is 1. The fourth-order valence-electron chi connectivity index (χ4n) is 1.98. The van der Waals surface area contributed by atoms with Crippen LogP contribution in [0.1, 0.15) is 32.8 Å². The molecule has 0 radical (unpaired) electrons. The SMILES string of the molecule is CCCNC(=O)CN(C)c1cc(Br)ccc1CNC(C)C. The van der Waals surface area contributed by atoms with Gasteiger partial charge in [-0.2, -0.15) is 0 Å². The zero-order valence-electron chi connectivity index (χ0n) is 13.4. The zero-order chi connectivity index (χ0) is 15.8. The van der Waals surface area contributed by atoms with E-state index in [0.717, 1.165) is 29.7 Å². The first-order chi connectivity index (χ1) is 9.93. The van der Waals surface area contributed by atoms with Crippen LogP contribution in [0, 0.1) is 0 Å². The third-order valence-electron chi connectivity index (χ3n) is 3.11. The van der Waals surface area contributed by atoms with Crippen LogP contribution in [0.25, 0.3) is 0 Å². The lowest BCUT2D eigenvalue weighted by Crippen LogP contribution is -2.36. The number of hydrogen-bond acceptors (Lipinski definition) is 3. The fraction of sp³-hybridized carbons (Fsp3) is 0.562. The topological polar surface area (TPSA) is 44.4 Å². The van der Waals surface area contributed by atoms with Gasteiger partial charge in [0.1, 0.15) is 0 Å². The highest BCUT2D eigenvalue weighted by atomic mass is 79.9. The van der Waals surface area contributed by atoms with Gasteiger partial charge in [-0.3, -0.25) is 4.79 Å². The van der Waals surface area contributed by atoms with Crippen molar-refractivity contribution in [3.8, 4) is 0 Å². The molecule has 0 bridgehead atoms. The highest BCUT2D eigenvalue weighted by Crippen LogP contribution is 2.24. The molecule has 0 atom stereocenters. The molecule has 1 rings (SSSR count). The Bertz CT molecular complexity index is 463. The van der Waals surface area contributed by atoms with Gasteiger partial charge in [0.05, 0.1) is 6.54 Å². The zero-order valence-corrected chi connectivity index (χ0v) is 15.0. The minimum atomic E-state index is 0.0575. The molecule has 4 nitrogen and oxygen atoms in total. The van der Waals surface area contributed by atoms with Crippen molar-refractivity contribution < 1.29 is 4.79 Å². The van der Waals surface area contributed by atoms with Gasteiger partial charge >= 0.3 is 0 Å². The van der Waals surface area contributed by atoms with E-state index in [9.17, 15) is 4.79 Å². The first-order valence-electron chi connectivity index (χ1n) is 7.43. The molecular weight excluding hydrogens is 330 g/mol. The van der Waals surface area contributed by atoms with E-state index in [2.05, 4.69) is 52.5 Å². The molecule has 0 heterocycles. The molecule has 118 valence electrons. The number of benzene rings is 1. The smallest absolute Gasteiger partial charge is 0.239 e. The van der Waals surface area contributed by atoms with Crippen LogP contribution >= 0.6 is 15.9 Å². The predicted molar refractivity (Wildman–Crippen MR) is 92.7 cm³/mol. The summed E-state index contributed by atoms with van der Waals surface area (Å²) in [5.74, 6) is 0.0575. The second-order valence-electron chi connectivity index (χ2n) is 5.51. The summed E-state index contributed by atoms with van der Waals surface area (Å²) >= 11 is 3.51. The Morgan fingerprint density at radius 2 is 2.10 bits per heavy atom. The van der Waals surface area contributed by atoms with Crippen molar-refractivity contribution in [2.45, 2.75) is 39.8 Å². The summed E-state index contributed by atoms with van der Waals surface area (Å²) in [6.45, 7) is 8.19. The third-order valence-corrected chi connectivity index (χ3v) is 3.61. The molecule has 0 fully saturated rings. The normalized spacial score (nSPS) is 10.8. The number of hydrogen-bond donors (Lipinski definition) is 2. The fourth-order valence-corrected chi connectivity index (χ4v) is 2.33. The largest absolute Gasteiger partial charge is 0.365 e. The van der Waals surface area contributed by atoms with Crippen LogP contribution in [-0.2, 0) is 11.3 Å². The van der Waals surface area contributed by atoms with Crippen LogP contribution in [0.4, 0.5) is 5.69 Å². The van der Waals surface area contributed by atoms with Crippen LogP contribution in [0.15, 0.2) is 22.7 Å². The van der Waals surface area contributed by atoms with Crippen molar-refractivity contribution in [2.24, 2.45) is 0 Å². The van der Waals surface area contributed by atoms with Gasteiger partial charge in [0.15, 0.2) is 0 Å². The van der Waals surface area contributed by atoms with E-state index in [1.807, 2.05) is 24.9 Å². The van der Waals surface area contributed by atoms with E-state index in [4.69, 9.17) is 0 Å². The first-order valence-corrected chi connectivity index (χ1v) is 8.23. The standard InChI is InChI=1S/C16H26BrN3O/c1-5-8-18-16(21)11-20(4)15-9-14(17)7-6-13(15)10-19-12(2)3/h6-7,9,12,19H,5,8,10-11H2,1-4H3,(H,18,21). The maximum absolute atomic E-state index is 11.9. The van der Waals surface area contributed by atoms with Crippen molar-refractivity contribution >= 4 is 27.5 Å². The molecule has 0 aromatic heterocycles. The molecule has 0 aliphatic carbocycles. The lowest BCUT2D eigenvalue weighted by molar-refractivity contribution is -0.119. The maximum atomic E-state index is 11.9. The Balaban J connectivity index is 2.78. The molecular formula is C16H26BrN3O. The molecule has 0 saturated carbocycles. The Labute approximate surface area is 136 Å². The maximum Gasteiger partial charge on any atom is 0.239 e. The lowest BCUT2D eigenvalue weighted by atomic mass is 10.1. The molecule has 21 heavy (non-hydrogen) atoms. The summed E-state index contributed by atoms with van der Waals surface area (Å²) in [5.41, 5.74) is 2.27. The molecule has 1 aromatic carbocycles. The van der Waals surface area contributed by atoms with E-state index in [1.165, 1.54) is 5.56 Å². The molecule has 1 aromatic rings. The van der Waals surface area contributed by atoms with Crippen molar-refractivity contribution in [1.29, 1.82) is 0 Å². The minimum absolute atomic E-state index is 0.0575. The van der Waals surface area contributed by atoms with Crippen LogP contribution in [0.3, 0.4) is 0 Å². The quantitative estimate of drug-likeness (QED) is 0.753. The third kappa shape index (κ3) is 6.48. The predicted octanol–water partition coefficient (Wildman–Crippen LogP) is 2.91. The van der Waals surface area contributed by atoms with E-state index in [1.54, 1.807) is 0 Å². The average Bonchev–Trinajstić information content (AvgIpc) is 2.43. The van der Waals surface area contributed by atoms with E-state index >= 15 is 0 Å². The Kier molecular flexibility index (Phi) is 7.75. The van der Waals surface area contributed by atoms with Crippen LogP contribution in [-0.4, -0.2) is 32.1 Å². The molecule has 1 amide bonds. The molecule has 0 unspecified atom stereocenters. The summed E-state index contributed by atoms with van der Waals surface area (Å²) < 4.78 is 1.02.